The standard InChI is InChI=1S/C14H17N5O5S2/c1-7(20)15-12-16-8(6-25-12)2-3-9-4-5-10(26-9)17-11(18-13(21)22)19-14(23)24/h4-6,11,17-19H,2-3H2,1H3,(H,21,22)(H,23,24)(H,15,16,20). The molecule has 2 rings (SSSR count). The van der Waals surface area contributed by atoms with Crippen molar-refractivity contribution in [2.45, 2.75) is 26.1 Å². The van der Waals surface area contributed by atoms with Crippen molar-refractivity contribution >= 4 is 50.9 Å². The van der Waals surface area contributed by atoms with Gasteiger partial charge in [0.1, 0.15) is 0 Å². The number of nitrogens with one attached hydrogen (secondary N) is 4. The van der Waals surface area contributed by atoms with Crippen LogP contribution < -0.4 is 21.3 Å². The molecule has 3 amide bonds. The van der Waals surface area contributed by atoms with E-state index < -0.39 is 18.5 Å². The number of aryl methyl sites for hydroxylation is 2. The molecule has 2 aromatic heterocycles. The highest BCUT2D eigenvalue weighted by atomic mass is 32.1. The summed E-state index contributed by atoms with van der Waals surface area (Å²) >= 11 is 2.74. The summed E-state index contributed by atoms with van der Waals surface area (Å²) in [5.74, 6) is -0.167. The first-order valence-electron chi connectivity index (χ1n) is 7.38. The first-order valence-corrected chi connectivity index (χ1v) is 9.07. The Labute approximate surface area is 156 Å². The molecular formula is C14H17N5O5S2. The Kier molecular flexibility index (Phi) is 6.74. The number of carbonyl (C=O) groups is 3. The lowest BCUT2D eigenvalue weighted by Gasteiger charge is -2.17. The Morgan fingerprint density at radius 3 is 2.46 bits per heavy atom. The maximum absolute atomic E-state index is 11.0. The van der Waals surface area contributed by atoms with Crippen LogP contribution in [0.25, 0.3) is 0 Å². The van der Waals surface area contributed by atoms with Gasteiger partial charge in [0, 0.05) is 17.2 Å². The molecule has 0 aliphatic heterocycles. The fraction of sp³-hybridized carbons (Fsp3) is 0.286. The van der Waals surface area contributed by atoms with E-state index in [1.807, 2.05) is 22.1 Å². The summed E-state index contributed by atoms with van der Waals surface area (Å²) in [6.07, 6.45) is -2.48. The van der Waals surface area contributed by atoms with Crippen LogP contribution in [0.2, 0.25) is 0 Å². The van der Waals surface area contributed by atoms with Gasteiger partial charge in [0.15, 0.2) is 11.4 Å². The number of carboxylic acid groups (broad SMARTS) is 2. The largest absolute Gasteiger partial charge is 0.465 e. The van der Waals surface area contributed by atoms with Crippen molar-refractivity contribution in [2.24, 2.45) is 0 Å². The van der Waals surface area contributed by atoms with Crippen molar-refractivity contribution in [2.75, 3.05) is 10.6 Å². The Morgan fingerprint density at radius 2 is 1.85 bits per heavy atom. The molecule has 0 unspecified atom stereocenters. The van der Waals surface area contributed by atoms with Gasteiger partial charge in [0.2, 0.25) is 5.91 Å². The summed E-state index contributed by atoms with van der Waals surface area (Å²) in [7, 11) is 0. The number of aromatic nitrogens is 1. The Balaban J connectivity index is 1.89. The quantitative estimate of drug-likeness (QED) is 0.372. The van der Waals surface area contributed by atoms with E-state index in [4.69, 9.17) is 10.2 Å². The van der Waals surface area contributed by atoms with Gasteiger partial charge in [0.25, 0.3) is 0 Å². The summed E-state index contributed by atoms with van der Waals surface area (Å²) in [5, 5.41) is 30.0. The van der Waals surface area contributed by atoms with E-state index in [9.17, 15) is 14.4 Å². The number of rotatable bonds is 8. The summed E-state index contributed by atoms with van der Waals surface area (Å²) < 4.78 is 0. The molecule has 0 aliphatic carbocycles. The average molecular weight is 399 g/mol. The second-order valence-electron chi connectivity index (χ2n) is 5.07. The normalized spacial score (nSPS) is 10.4. The highest BCUT2D eigenvalue weighted by Crippen LogP contribution is 2.24. The van der Waals surface area contributed by atoms with Crippen LogP contribution in [0.4, 0.5) is 19.7 Å². The molecule has 26 heavy (non-hydrogen) atoms. The van der Waals surface area contributed by atoms with Crippen molar-refractivity contribution in [1.29, 1.82) is 0 Å². The van der Waals surface area contributed by atoms with Gasteiger partial charge >= 0.3 is 12.2 Å². The number of thiazole rings is 1. The van der Waals surface area contributed by atoms with Crippen molar-refractivity contribution in [3.8, 4) is 0 Å². The second kappa shape index (κ2) is 9.01. The zero-order chi connectivity index (χ0) is 19.1. The zero-order valence-corrected chi connectivity index (χ0v) is 15.2. The molecule has 0 radical (unpaired) electrons. The molecule has 0 bridgehead atoms. The smallest absolute Gasteiger partial charge is 0.407 e. The molecule has 0 atom stereocenters. The molecule has 0 aromatic carbocycles. The third-order valence-corrected chi connectivity index (χ3v) is 4.83. The lowest BCUT2D eigenvalue weighted by molar-refractivity contribution is -0.114. The summed E-state index contributed by atoms with van der Waals surface area (Å²) in [6.45, 7) is 1.42. The van der Waals surface area contributed by atoms with Crippen LogP contribution in [0, 0.1) is 0 Å². The van der Waals surface area contributed by atoms with Gasteiger partial charge in [-0.25, -0.2) is 14.6 Å². The average Bonchev–Trinajstić information content (AvgIpc) is 3.12. The van der Waals surface area contributed by atoms with Crippen molar-refractivity contribution in [1.82, 2.24) is 15.6 Å². The van der Waals surface area contributed by atoms with Crippen LogP contribution in [-0.4, -0.2) is 39.6 Å². The summed E-state index contributed by atoms with van der Waals surface area (Å²) in [6, 6.07) is 3.61. The Morgan fingerprint density at radius 1 is 1.15 bits per heavy atom. The van der Waals surface area contributed by atoms with Crippen LogP contribution in [0.1, 0.15) is 17.5 Å². The Hall–Kier alpha value is -2.86. The number of thiophene rings is 1. The maximum atomic E-state index is 11.0. The highest BCUT2D eigenvalue weighted by molar-refractivity contribution is 7.16. The minimum atomic E-state index is -1.36. The third-order valence-electron chi connectivity index (χ3n) is 2.95. The Bertz CT molecular complexity index is 774. The van der Waals surface area contributed by atoms with Gasteiger partial charge in [-0.3, -0.25) is 15.4 Å². The number of hydrogen-bond acceptors (Lipinski definition) is 7. The van der Waals surface area contributed by atoms with Crippen LogP contribution in [0.5, 0.6) is 0 Å². The summed E-state index contributed by atoms with van der Waals surface area (Å²) in [4.78, 5) is 37.7. The van der Waals surface area contributed by atoms with E-state index in [-0.39, 0.29) is 5.91 Å². The molecule has 6 N–H and O–H groups in total. The lowest BCUT2D eigenvalue weighted by atomic mass is 10.2. The predicted molar refractivity (Wildman–Crippen MR) is 97.9 cm³/mol. The van der Waals surface area contributed by atoms with Crippen LogP contribution in [0.3, 0.4) is 0 Å². The second-order valence-corrected chi connectivity index (χ2v) is 7.09. The minimum Gasteiger partial charge on any atom is -0.465 e. The van der Waals surface area contributed by atoms with Crippen LogP contribution >= 0.6 is 22.7 Å². The number of nitrogens with zero attached hydrogens (tertiary/aromatic N) is 1. The topological polar surface area (TPSA) is 153 Å². The van der Waals surface area contributed by atoms with Gasteiger partial charge in [-0.1, -0.05) is 0 Å². The molecule has 2 aromatic rings. The van der Waals surface area contributed by atoms with E-state index in [1.165, 1.54) is 29.6 Å². The SMILES string of the molecule is CC(=O)Nc1nc(CCc2ccc(NC(NC(=O)O)NC(=O)O)s2)cs1. The fourth-order valence-corrected chi connectivity index (χ4v) is 3.69. The van der Waals surface area contributed by atoms with Gasteiger partial charge in [-0.15, -0.1) is 22.7 Å². The predicted octanol–water partition coefficient (Wildman–Crippen LogP) is 2.18. The number of hydrogen-bond donors (Lipinski definition) is 6. The van der Waals surface area contributed by atoms with Gasteiger partial charge in [-0.05, 0) is 25.0 Å². The van der Waals surface area contributed by atoms with E-state index >= 15 is 0 Å². The van der Waals surface area contributed by atoms with E-state index in [0.29, 0.717) is 23.0 Å². The number of carbonyl (C=O) groups excluding carboxylic acids is 1. The van der Waals surface area contributed by atoms with Crippen molar-refractivity contribution < 1.29 is 24.6 Å². The van der Waals surface area contributed by atoms with Crippen molar-refractivity contribution in [3.05, 3.63) is 28.1 Å². The molecular weight excluding hydrogens is 382 g/mol. The van der Waals surface area contributed by atoms with Crippen LogP contribution in [-0.2, 0) is 17.6 Å². The minimum absolute atomic E-state index is 0.167. The monoisotopic (exact) mass is 399 g/mol. The molecule has 0 saturated carbocycles. The van der Waals surface area contributed by atoms with Crippen molar-refractivity contribution in [3.63, 3.8) is 0 Å². The molecule has 0 fully saturated rings. The summed E-state index contributed by atoms with van der Waals surface area (Å²) in [5.41, 5.74) is 0.861. The number of amides is 3. The van der Waals surface area contributed by atoms with Gasteiger partial charge in [-0.2, -0.15) is 0 Å². The maximum Gasteiger partial charge on any atom is 0.407 e. The first kappa shape index (κ1) is 19.5. The molecule has 0 aliphatic rings. The molecule has 2 heterocycles. The van der Waals surface area contributed by atoms with Gasteiger partial charge in [0.05, 0.1) is 10.7 Å². The van der Waals surface area contributed by atoms with E-state index in [2.05, 4.69) is 15.6 Å². The fourth-order valence-electron chi connectivity index (χ4n) is 1.97. The highest BCUT2D eigenvalue weighted by Gasteiger charge is 2.14. The van der Waals surface area contributed by atoms with Gasteiger partial charge < -0.3 is 20.8 Å². The van der Waals surface area contributed by atoms with Crippen LogP contribution in [0.15, 0.2) is 17.5 Å². The molecule has 0 saturated heterocycles. The van der Waals surface area contributed by atoms with E-state index in [0.717, 1.165) is 10.6 Å². The molecule has 10 nitrogen and oxygen atoms in total. The number of anilines is 2. The third kappa shape index (κ3) is 6.57. The lowest BCUT2D eigenvalue weighted by Crippen LogP contribution is -2.51. The molecule has 12 heteroatoms. The first-order chi connectivity index (χ1) is 12.3. The van der Waals surface area contributed by atoms with E-state index in [1.54, 1.807) is 6.07 Å². The molecule has 0 spiro atoms. The molecule has 140 valence electrons. The zero-order valence-electron chi connectivity index (χ0n) is 13.6.